The average Bonchev–Trinajstić information content (AvgIpc) is 3.19. The number of benzene rings is 3. The van der Waals surface area contributed by atoms with Gasteiger partial charge in [-0.05, 0) is 53.6 Å². The van der Waals surface area contributed by atoms with Crippen molar-refractivity contribution in [1.29, 1.82) is 0 Å². The van der Waals surface area contributed by atoms with Crippen LogP contribution in [0.1, 0.15) is 5.69 Å². The summed E-state index contributed by atoms with van der Waals surface area (Å²) in [4.78, 5) is 3.96. The molecule has 0 N–H and O–H groups in total. The standard InChI is InChI=1S/C25H14ClF4N3/c26-17-8-12-19(13-9-17)33-24-22(23(32-33)16-4-2-1-3-5-16)20(14-21(31-24)25(28,29)30)15-6-10-18(27)11-7-15/h1-14H. The largest absolute Gasteiger partial charge is 0.433 e. The molecule has 5 aromatic rings. The van der Waals surface area contributed by atoms with Crippen LogP contribution in [0.2, 0.25) is 5.02 Å². The van der Waals surface area contributed by atoms with Crippen molar-refractivity contribution in [2.45, 2.75) is 6.18 Å². The lowest BCUT2D eigenvalue weighted by atomic mass is 9.98. The van der Waals surface area contributed by atoms with Gasteiger partial charge in [-0.1, -0.05) is 54.1 Å². The van der Waals surface area contributed by atoms with Gasteiger partial charge in [0.2, 0.25) is 0 Å². The third-order valence-electron chi connectivity index (χ3n) is 5.20. The zero-order valence-corrected chi connectivity index (χ0v) is 17.6. The summed E-state index contributed by atoms with van der Waals surface area (Å²) < 4.78 is 56.4. The highest BCUT2D eigenvalue weighted by Crippen LogP contribution is 2.40. The first-order valence-corrected chi connectivity index (χ1v) is 10.3. The van der Waals surface area contributed by atoms with Crippen LogP contribution in [0, 0.1) is 5.82 Å². The molecule has 0 saturated heterocycles. The molecule has 2 aromatic heterocycles. The molecule has 3 aromatic carbocycles. The third kappa shape index (κ3) is 3.96. The summed E-state index contributed by atoms with van der Waals surface area (Å²) in [6.45, 7) is 0. The van der Waals surface area contributed by atoms with Crippen molar-refractivity contribution in [3.8, 4) is 28.1 Å². The molecule has 0 aliphatic heterocycles. The Kier molecular flexibility index (Phi) is 5.13. The van der Waals surface area contributed by atoms with E-state index in [9.17, 15) is 17.6 Å². The zero-order chi connectivity index (χ0) is 23.2. The lowest BCUT2D eigenvalue weighted by Crippen LogP contribution is -2.09. The van der Waals surface area contributed by atoms with Gasteiger partial charge in [0.15, 0.2) is 5.65 Å². The van der Waals surface area contributed by atoms with E-state index in [1.165, 1.54) is 28.9 Å². The van der Waals surface area contributed by atoms with E-state index in [4.69, 9.17) is 11.6 Å². The second-order valence-corrected chi connectivity index (χ2v) is 7.80. The number of nitrogens with zero attached hydrogens (tertiary/aromatic N) is 3. The Morgan fingerprint density at radius 1 is 0.788 bits per heavy atom. The summed E-state index contributed by atoms with van der Waals surface area (Å²) in [6.07, 6.45) is -4.69. The van der Waals surface area contributed by atoms with E-state index in [-0.39, 0.29) is 11.2 Å². The minimum absolute atomic E-state index is 0.0327. The maximum atomic E-state index is 13.8. The van der Waals surface area contributed by atoms with Crippen LogP contribution in [0.5, 0.6) is 0 Å². The van der Waals surface area contributed by atoms with Crippen LogP contribution in [-0.2, 0) is 6.18 Å². The van der Waals surface area contributed by atoms with Crippen molar-refractivity contribution >= 4 is 22.6 Å². The van der Waals surface area contributed by atoms with Crippen LogP contribution >= 0.6 is 11.6 Å². The van der Waals surface area contributed by atoms with Gasteiger partial charge >= 0.3 is 6.18 Å². The highest BCUT2D eigenvalue weighted by molar-refractivity contribution is 6.30. The van der Waals surface area contributed by atoms with Crippen LogP contribution in [0.15, 0.2) is 84.9 Å². The quantitative estimate of drug-likeness (QED) is 0.256. The number of rotatable bonds is 3. The molecule has 164 valence electrons. The molecule has 5 rings (SSSR count). The Hall–Kier alpha value is -3.71. The summed E-state index contributed by atoms with van der Waals surface area (Å²) in [5.74, 6) is -0.486. The predicted octanol–water partition coefficient (Wildman–Crippen LogP) is 7.57. The summed E-state index contributed by atoms with van der Waals surface area (Å²) >= 11 is 6.00. The Balaban J connectivity index is 1.92. The molecule has 0 spiro atoms. The number of fused-ring (bicyclic) bond motifs is 1. The monoisotopic (exact) mass is 467 g/mol. The third-order valence-corrected chi connectivity index (χ3v) is 5.45. The first-order valence-electron chi connectivity index (χ1n) is 9.89. The first-order chi connectivity index (χ1) is 15.8. The van der Waals surface area contributed by atoms with E-state index in [0.29, 0.717) is 32.9 Å². The molecule has 2 heterocycles. The van der Waals surface area contributed by atoms with Gasteiger partial charge in [0.1, 0.15) is 17.2 Å². The highest BCUT2D eigenvalue weighted by atomic mass is 35.5. The van der Waals surface area contributed by atoms with E-state index in [1.807, 2.05) is 30.3 Å². The number of halogens is 5. The normalized spacial score (nSPS) is 11.8. The van der Waals surface area contributed by atoms with E-state index in [1.54, 1.807) is 24.3 Å². The first kappa shape index (κ1) is 21.2. The fourth-order valence-corrected chi connectivity index (χ4v) is 3.80. The topological polar surface area (TPSA) is 30.7 Å². The summed E-state index contributed by atoms with van der Waals surface area (Å²) in [7, 11) is 0. The Morgan fingerprint density at radius 2 is 1.45 bits per heavy atom. The molecule has 0 radical (unpaired) electrons. The van der Waals surface area contributed by atoms with Gasteiger partial charge in [-0.3, -0.25) is 0 Å². The molecule has 0 aliphatic carbocycles. The predicted molar refractivity (Wildman–Crippen MR) is 120 cm³/mol. The van der Waals surface area contributed by atoms with Gasteiger partial charge < -0.3 is 0 Å². The van der Waals surface area contributed by atoms with Crippen molar-refractivity contribution in [3.63, 3.8) is 0 Å². The van der Waals surface area contributed by atoms with E-state index in [0.717, 1.165) is 6.07 Å². The molecule has 8 heteroatoms. The van der Waals surface area contributed by atoms with E-state index >= 15 is 0 Å². The van der Waals surface area contributed by atoms with Gasteiger partial charge in [-0.2, -0.15) is 18.3 Å². The minimum Gasteiger partial charge on any atom is -0.223 e. The van der Waals surface area contributed by atoms with Crippen molar-refractivity contribution in [1.82, 2.24) is 14.8 Å². The van der Waals surface area contributed by atoms with Crippen molar-refractivity contribution < 1.29 is 17.6 Å². The van der Waals surface area contributed by atoms with E-state index < -0.39 is 17.7 Å². The average molecular weight is 468 g/mol. The van der Waals surface area contributed by atoms with Crippen molar-refractivity contribution in [3.05, 3.63) is 101 Å². The van der Waals surface area contributed by atoms with Crippen molar-refractivity contribution in [2.24, 2.45) is 0 Å². The zero-order valence-electron chi connectivity index (χ0n) is 16.8. The molecular formula is C25H14ClF4N3. The molecular weight excluding hydrogens is 454 g/mol. The SMILES string of the molecule is Fc1ccc(-c2cc(C(F)(F)F)nc3c2c(-c2ccccc2)nn3-c2ccc(Cl)cc2)cc1. The van der Waals surface area contributed by atoms with Crippen LogP contribution < -0.4 is 0 Å². The molecule has 0 fully saturated rings. The maximum Gasteiger partial charge on any atom is 0.433 e. The number of alkyl halides is 3. The Labute approximate surface area is 190 Å². The van der Waals surface area contributed by atoms with Gasteiger partial charge in [0.25, 0.3) is 0 Å². The number of hydrogen-bond acceptors (Lipinski definition) is 2. The second kappa shape index (κ2) is 8.01. The molecule has 0 saturated carbocycles. The van der Waals surface area contributed by atoms with Gasteiger partial charge in [0, 0.05) is 10.6 Å². The number of hydrogen-bond donors (Lipinski definition) is 0. The molecule has 0 amide bonds. The lowest BCUT2D eigenvalue weighted by molar-refractivity contribution is -0.140. The van der Waals surface area contributed by atoms with Crippen LogP contribution in [0.25, 0.3) is 39.1 Å². The molecule has 3 nitrogen and oxygen atoms in total. The Morgan fingerprint density at radius 3 is 2.09 bits per heavy atom. The molecule has 0 unspecified atom stereocenters. The number of pyridine rings is 1. The van der Waals surface area contributed by atoms with Crippen LogP contribution in [-0.4, -0.2) is 14.8 Å². The van der Waals surface area contributed by atoms with Gasteiger partial charge in [0.05, 0.1) is 11.1 Å². The molecule has 33 heavy (non-hydrogen) atoms. The highest BCUT2D eigenvalue weighted by Gasteiger charge is 2.35. The summed E-state index contributed by atoms with van der Waals surface area (Å²) in [6, 6.07) is 22.0. The van der Waals surface area contributed by atoms with E-state index in [2.05, 4.69) is 10.1 Å². The fraction of sp³-hybridized carbons (Fsp3) is 0.0400. The maximum absolute atomic E-state index is 13.8. The fourth-order valence-electron chi connectivity index (χ4n) is 3.68. The molecule has 0 atom stereocenters. The number of aromatic nitrogens is 3. The van der Waals surface area contributed by atoms with Gasteiger partial charge in [-0.25, -0.2) is 14.1 Å². The van der Waals surface area contributed by atoms with Crippen molar-refractivity contribution in [2.75, 3.05) is 0 Å². The van der Waals surface area contributed by atoms with Gasteiger partial charge in [-0.15, -0.1) is 0 Å². The second-order valence-electron chi connectivity index (χ2n) is 7.36. The minimum atomic E-state index is -4.69. The smallest absolute Gasteiger partial charge is 0.223 e. The Bertz CT molecular complexity index is 1440. The summed E-state index contributed by atoms with van der Waals surface area (Å²) in [5, 5.41) is 5.56. The molecule has 0 bridgehead atoms. The van der Waals surface area contributed by atoms with Crippen LogP contribution in [0.3, 0.4) is 0 Å². The summed E-state index contributed by atoms with van der Waals surface area (Å²) in [5.41, 5.74) is 1.31. The molecule has 0 aliphatic rings. The van der Waals surface area contributed by atoms with Crippen LogP contribution in [0.4, 0.5) is 17.6 Å². The lowest BCUT2D eigenvalue weighted by Gasteiger charge is -2.12.